The summed E-state index contributed by atoms with van der Waals surface area (Å²) in [6.45, 7) is 1.71. The lowest BCUT2D eigenvalue weighted by atomic mass is 10.2. The van der Waals surface area contributed by atoms with E-state index in [0.29, 0.717) is 31.0 Å². The molecule has 0 spiro atoms. The number of hydrogen-bond donors (Lipinski definition) is 1. The van der Waals surface area contributed by atoms with Crippen LogP contribution < -0.4 is 0 Å². The molecular weight excluding hydrogens is 324 g/mol. The Kier molecular flexibility index (Phi) is 3.85. The molecule has 0 saturated heterocycles. The molecule has 3 aromatic heterocycles. The maximum absolute atomic E-state index is 12.5. The first kappa shape index (κ1) is 15.6. The normalized spacial score (nSPS) is 15.7. The van der Waals surface area contributed by atoms with Crippen LogP contribution in [-0.2, 0) is 20.1 Å². The first-order valence-corrected chi connectivity index (χ1v) is 8.04. The summed E-state index contributed by atoms with van der Waals surface area (Å²) in [5, 5.41) is 19.2. The highest BCUT2D eigenvalue weighted by molar-refractivity contribution is 5.91. The maximum Gasteiger partial charge on any atom is 0.291 e. The molecule has 0 bridgehead atoms. The molecule has 25 heavy (non-hydrogen) atoms. The fraction of sp³-hybridized carbons (Fsp3) is 0.375. The van der Waals surface area contributed by atoms with E-state index in [2.05, 4.69) is 15.2 Å². The number of hydrogen-bond acceptors (Lipinski definition) is 6. The van der Waals surface area contributed by atoms with Gasteiger partial charge in [-0.15, -0.1) is 0 Å². The number of fused-ring (bicyclic) bond motifs is 1. The number of aryl methyl sites for hydroxylation is 2. The van der Waals surface area contributed by atoms with E-state index < -0.39 is 6.10 Å². The van der Waals surface area contributed by atoms with Gasteiger partial charge in [0.2, 0.25) is 5.76 Å². The average Bonchev–Trinajstić information content (AvgIpc) is 3.33. The lowest BCUT2D eigenvalue weighted by Gasteiger charge is -2.18. The Morgan fingerprint density at radius 2 is 2.28 bits per heavy atom. The van der Waals surface area contributed by atoms with Crippen molar-refractivity contribution < 1.29 is 14.3 Å². The summed E-state index contributed by atoms with van der Waals surface area (Å²) in [7, 11) is 1.78. The predicted octanol–water partition coefficient (Wildman–Crippen LogP) is 0.732. The Bertz CT molecular complexity index is 882. The first-order chi connectivity index (χ1) is 12.1. The molecule has 0 saturated carbocycles. The van der Waals surface area contributed by atoms with Gasteiger partial charge in [0.15, 0.2) is 6.39 Å². The molecule has 1 aliphatic rings. The van der Waals surface area contributed by atoms with Gasteiger partial charge in [-0.1, -0.05) is 0 Å². The third kappa shape index (κ3) is 2.82. The molecule has 4 heterocycles. The van der Waals surface area contributed by atoms with E-state index in [1.807, 2.05) is 10.7 Å². The minimum atomic E-state index is -0.856. The number of oxazole rings is 1. The Morgan fingerprint density at radius 3 is 3.00 bits per heavy atom. The van der Waals surface area contributed by atoms with Crippen molar-refractivity contribution in [3.05, 3.63) is 53.8 Å². The van der Waals surface area contributed by atoms with Crippen molar-refractivity contribution in [3.8, 4) is 0 Å². The van der Waals surface area contributed by atoms with Crippen molar-refractivity contribution in [1.29, 1.82) is 0 Å². The van der Waals surface area contributed by atoms with Gasteiger partial charge in [0.25, 0.3) is 5.91 Å². The second-order valence-corrected chi connectivity index (χ2v) is 6.01. The SMILES string of the molecule is Cn1nccc1C(O)c1cc2n(n1)CCCN(C(=O)c1cnco1)C2. The zero-order valence-electron chi connectivity index (χ0n) is 13.7. The van der Waals surface area contributed by atoms with Crippen LogP contribution in [0.15, 0.2) is 35.3 Å². The highest BCUT2D eigenvalue weighted by Crippen LogP contribution is 2.23. The number of carbonyl (C=O) groups excluding carboxylic acids is 1. The van der Waals surface area contributed by atoms with Gasteiger partial charge in [-0.3, -0.25) is 14.2 Å². The van der Waals surface area contributed by atoms with Gasteiger partial charge in [-0.2, -0.15) is 10.2 Å². The summed E-state index contributed by atoms with van der Waals surface area (Å²) < 4.78 is 8.58. The van der Waals surface area contributed by atoms with Crippen molar-refractivity contribution in [2.24, 2.45) is 7.05 Å². The Balaban J connectivity index is 1.59. The van der Waals surface area contributed by atoms with Gasteiger partial charge in [-0.25, -0.2) is 4.98 Å². The summed E-state index contributed by atoms with van der Waals surface area (Å²) in [5.74, 6) is 0.0315. The smallest absolute Gasteiger partial charge is 0.291 e. The Labute approximate surface area is 143 Å². The van der Waals surface area contributed by atoms with E-state index in [0.717, 1.165) is 12.1 Å². The molecule has 1 atom stereocenters. The van der Waals surface area contributed by atoms with Crippen molar-refractivity contribution >= 4 is 5.91 Å². The number of aliphatic hydroxyl groups excluding tert-OH is 1. The molecule has 1 unspecified atom stereocenters. The molecule has 4 rings (SSSR count). The first-order valence-electron chi connectivity index (χ1n) is 8.04. The van der Waals surface area contributed by atoms with Crippen molar-refractivity contribution in [2.75, 3.05) is 6.54 Å². The van der Waals surface area contributed by atoms with E-state index in [-0.39, 0.29) is 11.7 Å². The highest BCUT2D eigenvalue weighted by Gasteiger charge is 2.25. The lowest BCUT2D eigenvalue weighted by Crippen LogP contribution is -2.30. The van der Waals surface area contributed by atoms with Crippen molar-refractivity contribution in [1.82, 2.24) is 29.4 Å². The van der Waals surface area contributed by atoms with Crippen LogP contribution in [0.5, 0.6) is 0 Å². The van der Waals surface area contributed by atoms with Crippen LogP contribution in [0.25, 0.3) is 0 Å². The number of nitrogens with zero attached hydrogens (tertiary/aromatic N) is 6. The van der Waals surface area contributed by atoms with Gasteiger partial charge in [0.05, 0.1) is 29.8 Å². The summed E-state index contributed by atoms with van der Waals surface area (Å²) in [6.07, 6.45) is 4.22. The van der Waals surface area contributed by atoms with Crippen LogP contribution in [0.4, 0.5) is 0 Å². The largest absolute Gasteiger partial charge is 0.438 e. The molecule has 3 aromatic rings. The number of aromatic nitrogens is 5. The molecule has 1 aliphatic heterocycles. The summed E-state index contributed by atoms with van der Waals surface area (Å²) in [5.41, 5.74) is 2.09. The molecule has 0 fully saturated rings. The van der Waals surface area contributed by atoms with Crippen LogP contribution in [0.3, 0.4) is 0 Å². The van der Waals surface area contributed by atoms with Gasteiger partial charge >= 0.3 is 0 Å². The zero-order valence-corrected chi connectivity index (χ0v) is 13.7. The lowest BCUT2D eigenvalue weighted by molar-refractivity contribution is 0.0713. The van der Waals surface area contributed by atoms with E-state index in [9.17, 15) is 9.90 Å². The van der Waals surface area contributed by atoms with Crippen LogP contribution >= 0.6 is 0 Å². The van der Waals surface area contributed by atoms with E-state index in [4.69, 9.17) is 4.42 Å². The fourth-order valence-electron chi connectivity index (χ4n) is 3.07. The quantitative estimate of drug-likeness (QED) is 0.753. The van der Waals surface area contributed by atoms with Gasteiger partial charge in [-0.05, 0) is 18.6 Å². The van der Waals surface area contributed by atoms with Crippen LogP contribution in [0.1, 0.15) is 40.2 Å². The Hall–Kier alpha value is -2.94. The maximum atomic E-state index is 12.5. The van der Waals surface area contributed by atoms with E-state index in [1.165, 1.54) is 12.6 Å². The van der Waals surface area contributed by atoms with E-state index >= 15 is 0 Å². The zero-order chi connectivity index (χ0) is 17.4. The third-order valence-corrected chi connectivity index (χ3v) is 4.38. The second-order valence-electron chi connectivity index (χ2n) is 6.01. The summed E-state index contributed by atoms with van der Waals surface area (Å²) in [4.78, 5) is 18.0. The van der Waals surface area contributed by atoms with Gasteiger partial charge in [0.1, 0.15) is 6.10 Å². The Morgan fingerprint density at radius 1 is 1.40 bits per heavy atom. The molecule has 1 amide bonds. The van der Waals surface area contributed by atoms with Crippen LogP contribution in [-0.4, -0.2) is 47.0 Å². The van der Waals surface area contributed by atoms with Gasteiger partial charge < -0.3 is 14.4 Å². The van der Waals surface area contributed by atoms with Gasteiger partial charge in [0, 0.05) is 26.3 Å². The molecule has 0 aliphatic carbocycles. The number of rotatable bonds is 3. The predicted molar refractivity (Wildman–Crippen MR) is 85.4 cm³/mol. The molecule has 0 aromatic carbocycles. The van der Waals surface area contributed by atoms with Crippen molar-refractivity contribution in [2.45, 2.75) is 25.6 Å². The van der Waals surface area contributed by atoms with Crippen molar-refractivity contribution in [3.63, 3.8) is 0 Å². The van der Waals surface area contributed by atoms with Crippen LogP contribution in [0, 0.1) is 0 Å². The average molecular weight is 342 g/mol. The summed E-state index contributed by atoms with van der Waals surface area (Å²) in [6, 6.07) is 3.60. The molecule has 0 radical (unpaired) electrons. The topological polar surface area (TPSA) is 102 Å². The fourth-order valence-corrected chi connectivity index (χ4v) is 3.07. The molecule has 9 nitrogen and oxygen atoms in total. The number of carbonyl (C=O) groups is 1. The molecule has 130 valence electrons. The number of amides is 1. The molecular formula is C16H18N6O3. The van der Waals surface area contributed by atoms with Crippen LogP contribution in [0.2, 0.25) is 0 Å². The third-order valence-electron chi connectivity index (χ3n) is 4.38. The minimum Gasteiger partial charge on any atom is -0.438 e. The molecule has 1 N–H and O–H groups in total. The monoisotopic (exact) mass is 342 g/mol. The summed E-state index contributed by atoms with van der Waals surface area (Å²) >= 11 is 0. The number of aliphatic hydroxyl groups is 1. The standard InChI is InChI=1S/C16H18N6O3/c1-20-13(3-4-18-20)15(23)12-7-11-9-21(5-2-6-22(11)19-12)16(24)14-8-17-10-25-14/h3-4,7-8,10,15,23H,2,5-6,9H2,1H3. The highest BCUT2D eigenvalue weighted by atomic mass is 16.3. The minimum absolute atomic E-state index is 0.194. The molecule has 9 heteroatoms. The second kappa shape index (κ2) is 6.17. The van der Waals surface area contributed by atoms with E-state index in [1.54, 1.807) is 28.9 Å².